The highest BCUT2D eigenvalue weighted by Gasteiger charge is 2.15. The number of pyridine rings is 1. The maximum atomic E-state index is 4.84. The van der Waals surface area contributed by atoms with Gasteiger partial charge in [-0.1, -0.05) is 30.3 Å². The van der Waals surface area contributed by atoms with E-state index in [1.54, 1.807) is 0 Å². The van der Waals surface area contributed by atoms with Crippen molar-refractivity contribution in [3.05, 3.63) is 64.3 Å². The summed E-state index contributed by atoms with van der Waals surface area (Å²) in [6, 6.07) is 12.7. The van der Waals surface area contributed by atoms with Gasteiger partial charge in [-0.15, -0.1) is 0 Å². The molecule has 0 fully saturated rings. The molecule has 0 bridgehead atoms. The number of rotatable bonds is 1. The van der Waals surface area contributed by atoms with Crippen molar-refractivity contribution >= 4 is 10.8 Å². The molecule has 3 aromatic rings. The van der Waals surface area contributed by atoms with Gasteiger partial charge in [-0.05, 0) is 68.3 Å². The third kappa shape index (κ3) is 2.13. The Kier molecular flexibility index (Phi) is 3.29. The van der Waals surface area contributed by atoms with E-state index < -0.39 is 0 Å². The van der Waals surface area contributed by atoms with Crippen molar-refractivity contribution in [2.45, 2.75) is 34.6 Å². The molecule has 1 aromatic heterocycles. The zero-order valence-electron chi connectivity index (χ0n) is 13.4. The van der Waals surface area contributed by atoms with Crippen molar-refractivity contribution in [1.82, 2.24) is 4.98 Å². The van der Waals surface area contributed by atoms with E-state index in [4.69, 9.17) is 4.98 Å². The van der Waals surface area contributed by atoms with E-state index in [2.05, 4.69) is 71.0 Å². The minimum Gasteiger partial charge on any atom is -0.252 e. The Hall–Kier alpha value is -2.15. The Morgan fingerprint density at radius 3 is 2.00 bits per heavy atom. The van der Waals surface area contributed by atoms with Gasteiger partial charge in [0.15, 0.2) is 0 Å². The Labute approximate surface area is 126 Å². The molecule has 1 nitrogen and oxygen atoms in total. The van der Waals surface area contributed by atoms with Crippen molar-refractivity contribution in [2.24, 2.45) is 0 Å². The highest BCUT2D eigenvalue weighted by molar-refractivity contribution is 6.00. The van der Waals surface area contributed by atoms with Crippen LogP contribution in [0.1, 0.15) is 27.9 Å². The number of nitrogens with zero attached hydrogens (tertiary/aromatic N) is 1. The molecule has 0 amide bonds. The fourth-order valence-corrected chi connectivity index (χ4v) is 3.11. The second-order valence-electron chi connectivity index (χ2n) is 5.90. The highest BCUT2D eigenvalue weighted by Crippen LogP contribution is 2.35. The molecule has 1 heterocycles. The van der Waals surface area contributed by atoms with Gasteiger partial charge in [-0.3, -0.25) is 4.98 Å². The summed E-state index contributed by atoms with van der Waals surface area (Å²) in [7, 11) is 0. The van der Waals surface area contributed by atoms with Crippen molar-refractivity contribution in [3.8, 4) is 11.3 Å². The van der Waals surface area contributed by atoms with Gasteiger partial charge in [-0.2, -0.15) is 0 Å². The molecule has 1 heteroatoms. The van der Waals surface area contributed by atoms with E-state index in [1.165, 1.54) is 38.6 Å². The van der Waals surface area contributed by atoms with E-state index in [-0.39, 0.29) is 0 Å². The molecule has 0 aliphatic carbocycles. The van der Waals surface area contributed by atoms with E-state index in [0.717, 1.165) is 11.4 Å². The number of benzene rings is 2. The maximum absolute atomic E-state index is 4.84. The van der Waals surface area contributed by atoms with Crippen LogP contribution in [0.15, 0.2) is 36.4 Å². The molecule has 0 saturated heterocycles. The van der Waals surface area contributed by atoms with Crippen LogP contribution in [-0.4, -0.2) is 4.98 Å². The minimum atomic E-state index is 1.08. The topological polar surface area (TPSA) is 12.9 Å². The molecule has 0 N–H and O–H groups in total. The van der Waals surface area contributed by atoms with Gasteiger partial charge >= 0.3 is 0 Å². The number of aromatic nitrogens is 1. The molecule has 0 aliphatic heterocycles. The number of hydrogen-bond acceptors (Lipinski definition) is 1. The Morgan fingerprint density at radius 1 is 0.714 bits per heavy atom. The lowest BCUT2D eigenvalue weighted by atomic mass is 9.89. The standard InChI is InChI=1S/C20H21N/c1-12-11-18-15(4)13(2)14(3)16(5)19(18)20(21-12)17-9-7-6-8-10-17/h6-11H,1-5H3. The summed E-state index contributed by atoms with van der Waals surface area (Å²) >= 11 is 0. The maximum Gasteiger partial charge on any atom is 0.0786 e. The first kappa shape index (κ1) is 13.8. The van der Waals surface area contributed by atoms with Crippen LogP contribution in [0.2, 0.25) is 0 Å². The van der Waals surface area contributed by atoms with Gasteiger partial charge in [0.05, 0.1) is 5.69 Å². The molecule has 0 aliphatic rings. The second kappa shape index (κ2) is 5.00. The molecule has 106 valence electrons. The summed E-state index contributed by atoms with van der Waals surface area (Å²) in [6.45, 7) is 10.9. The SMILES string of the molecule is Cc1cc2c(C)c(C)c(C)c(C)c2c(-c2ccccc2)n1. The first-order valence-electron chi connectivity index (χ1n) is 7.44. The molecule has 0 atom stereocenters. The predicted molar refractivity (Wildman–Crippen MR) is 90.9 cm³/mol. The van der Waals surface area contributed by atoms with Gasteiger partial charge in [0.25, 0.3) is 0 Å². The molecule has 0 spiro atoms. The first-order valence-corrected chi connectivity index (χ1v) is 7.44. The van der Waals surface area contributed by atoms with E-state index in [0.29, 0.717) is 0 Å². The molecule has 0 saturated carbocycles. The summed E-state index contributed by atoms with van der Waals surface area (Å²) in [5, 5.41) is 2.63. The molecule has 3 rings (SSSR count). The summed E-state index contributed by atoms with van der Waals surface area (Å²) in [5.74, 6) is 0. The van der Waals surface area contributed by atoms with Crippen LogP contribution in [0.5, 0.6) is 0 Å². The van der Waals surface area contributed by atoms with Crippen LogP contribution in [0.4, 0.5) is 0 Å². The minimum absolute atomic E-state index is 1.08. The third-order valence-corrected chi connectivity index (χ3v) is 4.66. The Bertz CT molecular complexity index is 830. The normalized spacial score (nSPS) is 11.1. The smallest absolute Gasteiger partial charge is 0.0786 e. The second-order valence-corrected chi connectivity index (χ2v) is 5.90. The van der Waals surface area contributed by atoms with Crippen molar-refractivity contribution < 1.29 is 0 Å². The van der Waals surface area contributed by atoms with E-state index in [1.807, 2.05) is 0 Å². The van der Waals surface area contributed by atoms with Gasteiger partial charge in [0, 0.05) is 16.6 Å². The number of fused-ring (bicyclic) bond motifs is 1. The van der Waals surface area contributed by atoms with Crippen LogP contribution < -0.4 is 0 Å². The molecule has 21 heavy (non-hydrogen) atoms. The summed E-state index contributed by atoms with van der Waals surface area (Å²) < 4.78 is 0. The van der Waals surface area contributed by atoms with Gasteiger partial charge < -0.3 is 0 Å². The lowest BCUT2D eigenvalue weighted by Gasteiger charge is -2.17. The average Bonchev–Trinajstić information content (AvgIpc) is 2.51. The van der Waals surface area contributed by atoms with Crippen molar-refractivity contribution in [3.63, 3.8) is 0 Å². The van der Waals surface area contributed by atoms with E-state index in [9.17, 15) is 0 Å². The van der Waals surface area contributed by atoms with Crippen LogP contribution in [-0.2, 0) is 0 Å². The Balaban J connectivity index is 2.52. The quantitative estimate of drug-likeness (QED) is 0.576. The summed E-state index contributed by atoms with van der Waals surface area (Å²) in [5.41, 5.74) is 8.86. The first-order chi connectivity index (χ1) is 10.0. The van der Waals surface area contributed by atoms with Gasteiger partial charge in [0.2, 0.25) is 0 Å². The number of aryl methyl sites for hydroxylation is 3. The van der Waals surface area contributed by atoms with Crippen LogP contribution in [0, 0.1) is 34.6 Å². The largest absolute Gasteiger partial charge is 0.252 e. The molecule has 2 aromatic carbocycles. The molecular formula is C20H21N. The Morgan fingerprint density at radius 2 is 1.33 bits per heavy atom. The highest BCUT2D eigenvalue weighted by atomic mass is 14.7. The molecule has 0 unspecified atom stereocenters. The monoisotopic (exact) mass is 275 g/mol. The fraction of sp³-hybridized carbons (Fsp3) is 0.250. The molecule has 0 radical (unpaired) electrons. The van der Waals surface area contributed by atoms with Crippen LogP contribution in [0.25, 0.3) is 22.0 Å². The van der Waals surface area contributed by atoms with Crippen molar-refractivity contribution in [2.75, 3.05) is 0 Å². The predicted octanol–water partition coefficient (Wildman–Crippen LogP) is 5.44. The van der Waals surface area contributed by atoms with E-state index >= 15 is 0 Å². The average molecular weight is 275 g/mol. The van der Waals surface area contributed by atoms with Crippen LogP contribution in [0.3, 0.4) is 0 Å². The summed E-state index contributed by atoms with van der Waals surface area (Å²) in [4.78, 5) is 4.84. The number of hydrogen-bond donors (Lipinski definition) is 0. The van der Waals surface area contributed by atoms with Crippen LogP contribution >= 0.6 is 0 Å². The van der Waals surface area contributed by atoms with Crippen molar-refractivity contribution in [1.29, 1.82) is 0 Å². The zero-order chi connectivity index (χ0) is 15.1. The zero-order valence-corrected chi connectivity index (χ0v) is 13.4. The summed E-state index contributed by atoms with van der Waals surface area (Å²) in [6.07, 6.45) is 0. The lowest BCUT2D eigenvalue weighted by molar-refractivity contribution is 1.20. The third-order valence-electron chi connectivity index (χ3n) is 4.66. The lowest BCUT2D eigenvalue weighted by Crippen LogP contribution is -1.99. The fourth-order valence-electron chi connectivity index (χ4n) is 3.11. The van der Waals surface area contributed by atoms with Gasteiger partial charge in [0.1, 0.15) is 0 Å². The molecular weight excluding hydrogens is 254 g/mol. The van der Waals surface area contributed by atoms with Gasteiger partial charge in [-0.25, -0.2) is 0 Å².